The number of nitrogens with zero attached hydrogens (tertiary/aromatic N) is 1. The fraction of sp³-hybridized carbons (Fsp3) is 0.500. The monoisotopic (exact) mass is 188 g/mol. The first-order valence-corrected chi connectivity index (χ1v) is 5.36. The van der Waals surface area contributed by atoms with Crippen molar-refractivity contribution in [1.29, 1.82) is 0 Å². The van der Waals surface area contributed by atoms with Crippen LogP contribution >= 0.6 is 0 Å². The molecule has 1 saturated heterocycles. The lowest BCUT2D eigenvalue weighted by Crippen LogP contribution is -2.27. The minimum absolute atomic E-state index is 0.516. The van der Waals surface area contributed by atoms with E-state index in [2.05, 4.69) is 35.2 Å². The maximum absolute atomic E-state index is 5.90. The van der Waals surface area contributed by atoms with Crippen LogP contribution in [-0.4, -0.2) is 24.0 Å². The number of rotatable bonds is 2. The third-order valence-corrected chi connectivity index (χ3v) is 3.58. The van der Waals surface area contributed by atoms with Gasteiger partial charge in [0, 0.05) is 25.7 Å². The summed E-state index contributed by atoms with van der Waals surface area (Å²) in [4.78, 5) is 2.52. The highest BCUT2D eigenvalue weighted by molar-refractivity contribution is 5.16. The Labute approximate surface area is 84.7 Å². The maximum Gasteiger partial charge on any atom is 0.0233 e. The van der Waals surface area contributed by atoms with Crippen LogP contribution in [0, 0.1) is 11.8 Å². The molecule has 1 aliphatic carbocycles. The number of hydrogen-bond acceptors (Lipinski definition) is 2. The molecule has 2 nitrogen and oxygen atoms in total. The molecule has 74 valence electrons. The first-order chi connectivity index (χ1) is 6.84. The van der Waals surface area contributed by atoms with Crippen molar-refractivity contribution >= 4 is 0 Å². The molecule has 1 aromatic rings. The van der Waals surface area contributed by atoms with Crippen LogP contribution in [0.15, 0.2) is 30.3 Å². The van der Waals surface area contributed by atoms with Gasteiger partial charge in [0.25, 0.3) is 0 Å². The molecule has 1 saturated carbocycles. The molecule has 2 N–H and O–H groups in total. The molecule has 0 aromatic heterocycles. The van der Waals surface area contributed by atoms with Gasteiger partial charge in [0.2, 0.25) is 0 Å². The number of nitrogens with two attached hydrogens (primary N) is 1. The van der Waals surface area contributed by atoms with Crippen molar-refractivity contribution in [1.82, 2.24) is 4.90 Å². The van der Waals surface area contributed by atoms with Crippen LogP contribution in [0.5, 0.6) is 0 Å². The van der Waals surface area contributed by atoms with Crippen molar-refractivity contribution < 1.29 is 0 Å². The summed E-state index contributed by atoms with van der Waals surface area (Å²) in [6.45, 7) is 3.52. The van der Waals surface area contributed by atoms with Crippen LogP contribution < -0.4 is 5.73 Å². The zero-order chi connectivity index (χ0) is 9.54. The second-order valence-corrected chi connectivity index (χ2v) is 4.58. The van der Waals surface area contributed by atoms with Crippen LogP contribution in [-0.2, 0) is 6.54 Å². The fourth-order valence-corrected chi connectivity index (χ4v) is 2.63. The number of fused-ring (bicyclic) bond motifs is 1. The Kier molecular flexibility index (Phi) is 1.85. The minimum Gasteiger partial charge on any atom is -0.327 e. The normalized spacial score (nSPS) is 35.6. The van der Waals surface area contributed by atoms with Crippen molar-refractivity contribution in [3.63, 3.8) is 0 Å². The summed E-state index contributed by atoms with van der Waals surface area (Å²) in [5.74, 6) is 1.61. The molecule has 0 bridgehead atoms. The standard InChI is InChI=1S/C12H16N2/c13-12-10-7-14(8-11(10)12)6-9-4-2-1-3-5-9/h1-5,10-12H,6-8,13H2/t10-,11-/m0/s1. The van der Waals surface area contributed by atoms with Gasteiger partial charge >= 0.3 is 0 Å². The Balaban J connectivity index is 1.60. The lowest BCUT2D eigenvalue weighted by Gasteiger charge is -2.18. The van der Waals surface area contributed by atoms with Gasteiger partial charge in [-0.05, 0) is 17.4 Å². The van der Waals surface area contributed by atoms with Crippen LogP contribution in [0.4, 0.5) is 0 Å². The Bertz CT molecular complexity index is 310. The molecule has 0 unspecified atom stereocenters. The van der Waals surface area contributed by atoms with Crippen molar-refractivity contribution in [3.8, 4) is 0 Å². The molecule has 1 heterocycles. The summed E-state index contributed by atoms with van der Waals surface area (Å²) in [6, 6.07) is 11.2. The van der Waals surface area contributed by atoms with Gasteiger partial charge in [-0.3, -0.25) is 4.90 Å². The van der Waals surface area contributed by atoms with Crippen molar-refractivity contribution in [2.75, 3.05) is 13.1 Å². The van der Waals surface area contributed by atoms with Gasteiger partial charge in [-0.2, -0.15) is 0 Å². The average molecular weight is 188 g/mol. The predicted octanol–water partition coefficient (Wildman–Crippen LogP) is 1.08. The SMILES string of the molecule is NC1[C@H]2CN(Cc3ccccc3)C[C@H]12. The second-order valence-electron chi connectivity index (χ2n) is 4.58. The topological polar surface area (TPSA) is 29.3 Å². The molecule has 2 aliphatic rings. The number of likely N-dealkylation sites (tertiary alicyclic amines) is 1. The van der Waals surface area contributed by atoms with E-state index in [1.165, 1.54) is 18.7 Å². The van der Waals surface area contributed by atoms with E-state index in [0.717, 1.165) is 18.4 Å². The summed E-state index contributed by atoms with van der Waals surface area (Å²) < 4.78 is 0. The van der Waals surface area contributed by atoms with E-state index in [0.29, 0.717) is 6.04 Å². The molecule has 1 aromatic carbocycles. The van der Waals surface area contributed by atoms with Gasteiger partial charge in [0.05, 0.1) is 0 Å². The second kappa shape index (κ2) is 3.07. The fourth-order valence-electron chi connectivity index (χ4n) is 2.63. The van der Waals surface area contributed by atoms with E-state index < -0.39 is 0 Å². The van der Waals surface area contributed by atoms with E-state index in [1.807, 2.05) is 0 Å². The highest BCUT2D eigenvalue weighted by Crippen LogP contribution is 2.44. The van der Waals surface area contributed by atoms with Gasteiger partial charge in [-0.1, -0.05) is 30.3 Å². The molecule has 3 rings (SSSR count). The summed E-state index contributed by atoms with van der Waals surface area (Å²) >= 11 is 0. The highest BCUT2D eigenvalue weighted by Gasteiger charge is 2.53. The Hall–Kier alpha value is -0.860. The van der Waals surface area contributed by atoms with E-state index >= 15 is 0 Å². The van der Waals surface area contributed by atoms with Crippen molar-refractivity contribution in [2.24, 2.45) is 17.6 Å². The molecule has 14 heavy (non-hydrogen) atoms. The summed E-state index contributed by atoms with van der Waals surface area (Å²) in [7, 11) is 0. The summed E-state index contributed by atoms with van der Waals surface area (Å²) in [6.07, 6.45) is 0. The molecule has 0 amide bonds. The summed E-state index contributed by atoms with van der Waals surface area (Å²) in [5, 5.41) is 0. The lowest BCUT2D eigenvalue weighted by molar-refractivity contribution is 0.290. The van der Waals surface area contributed by atoms with Gasteiger partial charge in [-0.15, -0.1) is 0 Å². The molecule has 2 fully saturated rings. The van der Waals surface area contributed by atoms with E-state index in [9.17, 15) is 0 Å². The van der Waals surface area contributed by atoms with Crippen molar-refractivity contribution in [3.05, 3.63) is 35.9 Å². The largest absolute Gasteiger partial charge is 0.327 e. The smallest absolute Gasteiger partial charge is 0.0233 e. The molecule has 0 radical (unpaired) electrons. The van der Waals surface area contributed by atoms with Gasteiger partial charge in [0.15, 0.2) is 0 Å². The van der Waals surface area contributed by atoms with E-state index in [-0.39, 0.29) is 0 Å². The quantitative estimate of drug-likeness (QED) is 0.752. The third kappa shape index (κ3) is 1.35. The first kappa shape index (κ1) is 8.45. The third-order valence-electron chi connectivity index (χ3n) is 3.58. The predicted molar refractivity (Wildman–Crippen MR) is 56.7 cm³/mol. The van der Waals surface area contributed by atoms with Gasteiger partial charge in [-0.25, -0.2) is 0 Å². The average Bonchev–Trinajstić information content (AvgIpc) is 2.65. The van der Waals surface area contributed by atoms with Gasteiger partial charge in [0.1, 0.15) is 0 Å². The number of piperidine rings is 1. The van der Waals surface area contributed by atoms with E-state index in [1.54, 1.807) is 0 Å². The first-order valence-electron chi connectivity index (χ1n) is 5.36. The van der Waals surface area contributed by atoms with Crippen LogP contribution in [0.25, 0.3) is 0 Å². The van der Waals surface area contributed by atoms with E-state index in [4.69, 9.17) is 5.73 Å². The maximum atomic E-state index is 5.90. The zero-order valence-corrected chi connectivity index (χ0v) is 8.26. The Morgan fingerprint density at radius 3 is 2.43 bits per heavy atom. The van der Waals surface area contributed by atoms with Crippen LogP contribution in [0.1, 0.15) is 5.56 Å². The molecule has 2 heteroatoms. The molecular formula is C12H16N2. The highest BCUT2D eigenvalue weighted by atomic mass is 15.2. The molecule has 2 atom stereocenters. The molecule has 0 spiro atoms. The van der Waals surface area contributed by atoms with Gasteiger partial charge < -0.3 is 5.73 Å². The Morgan fingerprint density at radius 2 is 1.79 bits per heavy atom. The zero-order valence-electron chi connectivity index (χ0n) is 8.26. The minimum atomic E-state index is 0.516. The summed E-state index contributed by atoms with van der Waals surface area (Å²) in [5.41, 5.74) is 7.32. The van der Waals surface area contributed by atoms with Crippen LogP contribution in [0.2, 0.25) is 0 Å². The number of hydrogen-bond donors (Lipinski definition) is 1. The van der Waals surface area contributed by atoms with Crippen molar-refractivity contribution in [2.45, 2.75) is 12.6 Å². The molecule has 1 aliphatic heterocycles. The number of benzene rings is 1. The molecular weight excluding hydrogens is 172 g/mol. The van der Waals surface area contributed by atoms with Crippen LogP contribution in [0.3, 0.4) is 0 Å². The lowest BCUT2D eigenvalue weighted by atomic mass is 10.2. The Morgan fingerprint density at radius 1 is 1.14 bits per heavy atom.